The van der Waals surface area contributed by atoms with Crippen molar-refractivity contribution < 1.29 is 44.3 Å². The molecule has 0 atom stereocenters. The number of benzene rings is 3. The summed E-state index contributed by atoms with van der Waals surface area (Å²) in [5.74, 6) is -13.2. The highest BCUT2D eigenvalue weighted by Crippen LogP contribution is 2.42. The monoisotopic (exact) mass is 546 g/mol. The molecule has 0 radical (unpaired) electrons. The average molecular weight is 546 g/mol. The third-order valence-electron chi connectivity index (χ3n) is 6.99. The highest BCUT2D eigenvalue weighted by atomic mass is 19.3. The molecule has 1 nitrogen and oxygen atoms in total. The van der Waals surface area contributed by atoms with Crippen molar-refractivity contribution in [3.63, 3.8) is 0 Å². The Kier molecular flexibility index (Phi) is 7.99. The highest BCUT2D eigenvalue weighted by Gasteiger charge is 2.40. The van der Waals surface area contributed by atoms with Gasteiger partial charge in [0.2, 0.25) is 0 Å². The van der Waals surface area contributed by atoms with Crippen LogP contribution in [0.4, 0.5) is 39.5 Å². The minimum atomic E-state index is -4.66. The smallest absolute Gasteiger partial charge is 0.429 e. The van der Waals surface area contributed by atoms with Crippen molar-refractivity contribution in [1.29, 1.82) is 0 Å². The summed E-state index contributed by atoms with van der Waals surface area (Å²) in [7, 11) is 0. The van der Waals surface area contributed by atoms with E-state index in [1.54, 1.807) is 0 Å². The molecule has 0 spiro atoms. The Bertz CT molecular complexity index is 1310. The normalized spacial score (nSPS) is 18.1. The molecule has 1 saturated carbocycles. The molecule has 0 saturated heterocycles. The van der Waals surface area contributed by atoms with Gasteiger partial charge in [0.25, 0.3) is 0 Å². The molecule has 10 heteroatoms. The lowest BCUT2D eigenvalue weighted by atomic mass is 9.77. The second-order valence-electron chi connectivity index (χ2n) is 9.45. The Labute approximate surface area is 213 Å². The van der Waals surface area contributed by atoms with Gasteiger partial charge in [-0.3, -0.25) is 0 Å². The molecule has 0 aromatic heterocycles. The van der Waals surface area contributed by atoms with Gasteiger partial charge in [-0.2, -0.15) is 8.78 Å². The van der Waals surface area contributed by atoms with Gasteiger partial charge in [-0.15, -0.1) is 0 Å². The Morgan fingerprint density at radius 2 is 1.26 bits per heavy atom. The molecule has 3 aromatic carbocycles. The summed E-state index contributed by atoms with van der Waals surface area (Å²) in [5.41, 5.74) is -3.03. The topological polar surface area (TPSA) is 9.23 Å². The fourth-order valence-electron chi connectivity index (χ4n) is 5.03. The van der Waals surface area contributed by atoms with Crippen LogP contribution < -0.4 is 4.74 Å². The standard InChI is InChI=1S/C28H23F9O/c1-2-3-14-4-6-15(7-5-14)17-8-9-18(24(32)23(17)31)19-10-11-20(26(34)25(19)33)28(36,37)38-16-12-21(29)27(35)22(30)13-16/h8-15H,2-7H2,1H3. The van der Waals surface area contributed by atoms with E-state index in [1.165, 1.54) is 6.07 Å². The molecule has 4 rings (SSSR count). The van der Waals surface area contributed by atoms with Crippen molar-refractivity contribution in [3.05, 3.63) is 88.2 Å². The zero-order valence-corrected chi connectivity index (χ0v) is 20.2. The summed E-state index contributed by atoms with van der Waals surface area (Å²) in [6.07, 6.45) is 0.501. The number of ether oxygens (including phenoxy) is 1. The lowest BCUT2D eigenvalue weighted by molar-refractivity contribution is -0.187. The predicted molar refractivity (Wildman–Crippen MR) is 122 cm³/mol. The van der Waals surface area contributed by atoms with Gasteiger partial charge < -0.3 is 4.74 Å². The molecule has 0 N–H and O–H groups in total. The molecule has 1 aliphatic rings. The van der Waals surface area contributed by atoms with Crippen molar-refractivity contribution in [3.8, 4) is 16.9 Å². The molecule has 204 valence electrons. The van der Waals surface area contributed by atoms with Crippen LogP contribution in [0.25, 0.3) is 11.1 Å². The van der Waals surface area contributed by atoms with Crippen LogP contribution in [-0.2, 0) is 6.11 Å². The molecule has 0 unspecified atom stereocenters. The minimum absolute atomic E-state index is 0.102. The van der Waals surface area contributed by atoms with Crippen LogP contribution in [0.1, 0.15) is 62.5 Å². The Balaban J connectivity index is 1.61. The van der Waals surface area contributed by atoms with Crippen LogP contribution >= 0.6 is 0 Å². The number of rotatable bonds is 7. The molecule has 3 aromatic rings. The number of hydrogen-bond acceptors (Lipinski definition) is 1. The van der Waals surface area contributed by atoms with Gasteiger partial charge in [-0.05, 0) is 49.1 Å². The second-order valence-corrected chi connectivity index (χ2v) is 9.45. The molecular formula is C28H23F9O. The van der Waals surface area contributed by atoms with Gasteiger partial charge in [0.1, 0.15) is 11.3 Å². The summed E-state index contributed by atoms with van der Waals surface area (Å²) in [4.78, 5) is 0. The lowest BCUT2D eigenvalue weighted by Crippen LogP contribution is -2.24. The lowest BCUT2D eigenvalue weighted by Gasteiger charge is -2.29. The first-order valence-electron chi connectivity index (χ1n) is 12.1. The van der Waals surface area contributed by atoms with Gasteiger partial charge in [0.15, 0.2) is 40.7 Å². The molecule has 0 bridgehead atoms. The van der Waals surface area contributed by atoms with Gasteiger partial charge in [0.05, 0.1) is 0 Å². The van der Waals surface area contributed by atoms with E-state index in [0.29, 0.717) is 30.9 Å². The quantitative estimate of drug-likeness (QED) is 0.212. The van der Waals surface area contributed by atoms with Gasteiger partial charge in [-0.1, -0.05) is 38.0 Å². The summed E-state index contributed by atoms with van der Waals surface area (Å²) in [6, 6.07) is 3.56. The Morgan fingerprint density at radius 1 is 0.711 bits per heavy atom. The summed E-state index contributed by atoms with van der Waals surface area (Å²) < 4.78 is 133. The first-order valence-corrected chi connectivity index (χ1v) is 12.1. The molecule has 0 amide bonds. The average Bonchev–Trinajstić information content (AvgIpc) is 2.86. The molecule has 0 heterocycles. The maximum Gasteiger partial charge on any atom is 0.429 e. The Morgan fingerprint density at radius 3 is 1.84 bits per heavy atom. The maximum absolute atomic E-state index is 15.0. The van der Waals surface area contributed by atoms with Crippen molar-refractivity contribution >= 4 is 0 Å². The van der Waals surface area contributed by atoms with Crippen molar-refractivity contribution in [2.24, 2.45) is 5.92 Å². The van der Waals surface area contributed by atoms with Crippen LogP contribution in [0, 0.1) is 46.6 Å². The zero-order valence-electron chi connectivity index (χ0n) is 20.2. The zero-order chi connectivity index (χ0) is 27.8. The first-order chi connectivity index (χ1) is 17.9. The van der Waals surface area contributed by atoms with E-state index in [4.69, 9.17) is 0 Å². The maximum atomic E-state index is 15.0. The van der Waals surface area contributed by atoms with E-state index in [2.05, 4.69) is 11.7 Å². The third-order valence-corrected chi connectivity index (χ3v) is 6.99. The first kappa shape index (κ1) is 27.9. The second kappa shape index (κ2) is 10.9. The van der Waals surface area contributed by atoms with Gasteiger partial charge in [0, 0.05) is 23.3 Å². The minimum Gasteiger partial charge on any atom is -0.429 e. The van der Waals surface area contributed by atoms with E-state index in [-0.39, 0.29) is 23.6 Å². The molecule has 1 fully saturated rings. The van der Waals surface area contributed by atoms with E-state index in [0.717, 1.165) is 31.7 Å². The van der Waals surface area contributed by atoms with Crippen LogP contribution in [0.15, 0.2) is 36.4 Å². The number of halogens is 9. The van der Waals surface area contributed by atoms with E-state index >= 15 is 4.39 Å². The van der Waals surface area contributed by atoms with Crippen molar-refractivity contribution in [2.45, 2.75) is 57.5 Å². The summed E-state index contributed by atoms with van der Waals surface area (Å²) in [6.45, 7) is 2.08. The molecule has 1 aliphatic carbocycles. The van der Waals surface area contributed by atoms with Crippen molar-refractivity contribution in [1.82, 2.24) is 0 Å². The van der Waals surface area contributed by atoms with Crippen LogP contribution in [0.5, 0.6) is 5.75 Å². The number of alkyl halides is 2. The fourth-order valence-corrected chi connectivity index (χ4v) is 5.03. The highest BCUT2D eigenvalue weighted by molar-refractivity contribution is 5.66. The van der Waals surface area contributed by atoms with Crippen LogP contribution in [-0.4, -0.2) is 0 Å². The summed E-state index contributed by atoms with van der Waals surface area (Å²) in [5, 5.41) is 0. The Hall–Kier alpha value is -3.17. The molecule has 38 heavy (non-hydrogen) atoms. The summed E-state index contributed by atoms with van der Waals surface area (Å²) >= 11 is 0. The van der Waals surface area contributed by atoms with Crippen LogP contribution in [0.2, 0.25) is 0 Å². The van der Waals surface area contributed by atoms with E-state index < -0.39 is 69.3 Å². The largest absolute Gasteiger partial charge is 0.429 e. The van der Waals surface area contributed by atoms with Crippen LogP contribution in [0.3, 0.4) is 0 Å². The van der Waals surface area contributed by atoms with Gasteiger partial charge in [-0.25, -0.2) is 30.7 Å². The predicted octanol–water partition coefficient (Wildman–Crippen LogP) is 9.53. The van der Waals surface area contributed by atoms with Gasteiger partial charge >= 0.3 is 6.11 Å². The number of hydrogen-bond donors (Lipinski definition) is 0. The molecular weight excluding hydrogens is 523 g/mol. The molecule has 0 aliphatic heterocycles. The van der Waals surface area contributed by atoms with E-state index in [1.807, 2.05) is 0 Å². The van der Waals surface area contributed by atoms with Crippen molar-refractivity contribution in [2.75, 3.05) is 0 Å². The SMILES string of the molecule is CCCC1CCC(c2ccc(-c3ccc(C(F)(F)Oc4cc(F)c(F)c(F)c4)c(F)c3F)c(F)c2F)CC1. The fraction of sp³-hybridized carbons (Fsp3) is 0.357. The van der Waals surface area contributed by atoms with E-state index in [9.17, 15) is 35.1 Å². The third kappa shape index (κ3) is 5.35.